The van der Waals surface area contributed by atoms with Crippen LogP contribution in [0.4, 0.5) is 0 Å². The molecule has 0 heterocycles. The first-order valence-corrected chi connectivity index (χ1v) is 14.0. The van der Waals surface area contributed by atoms with Crippen molar-refractivity contribution in [1.82, 2.24) is 0 Å². The van der Waals surface area contributed by atoms with E-state index in [4.69, 9.17) is 0 Å². The summed E-state index contributed by atoms with van der Waals surface area (Å²) in [6, 6.07) is 1.56. The number of hydrogen-bond donors (Lipinski definition) is 0. The molecule has 1 heteroatoms. The van der Waals surface area contributed by atoms with Crippen molar-refractivity contribution in [3.05, 3.63) is 0 Å². The van der Waals surface area contributed by atoms with E-state index < -0.39 is 8.07 Å². The molecule has 2 aliphatic carbocycles. The molecule has 25 heavy (non-hydrogen) atoms. The molecule has 0 nitrogen and oxygen atoms in total. The number of rotatable bonds is 4. The lowest BCUT2D eigenvalue weighted by atomic mass is 9.65. The molecule has 0 spiro atoms. The highest BCUT2D eigenvalue weighted by Crippen LogP contribution is 2.62. The highest BCUT2D eigenvalue weighted by molar-refractivity contribution is 6.81. The maximum absolute atomic E-state index is 2.83. The second kappa shape index (κ2) is 6.68. The molecule has 0 atom stereocenters. The van der Waals surface area contributed by atoms with Crippen LogP contribution < -0.4 is 0 Å². The van der Waals surface area contributed by atoms with E-state index in [9.17, 15) is 0 Å². The summed E-state index contributed by atoms with van der Waals surface area (Å²) in [6.07, 6.45) is 10.2. The molecule has 0 saturated heterocycles. The molecular weight excluding hydrogens is 316 g/mol. The van der Waals surface area contributed by atoms with E-state index in [-0.39, 0.29) is 0 Å². The summed E-state index contributed by atoms with van der Waals surface area (Å²) in [6.45, 7) is 25.7. The minimum Gasteiger partial charge on any atom is -0.0687 e. The first kappa shape index (κ1) is 21.5. The van der Waals surface area contributed by atoms with Gasteiger partial charge < -0.3 is 0 Å². The molecule has 2 aliphatic rings. The van der Waals surface area contributed by atoms with Crippen molar-refractivity contribution in [1.29, 1.82) is 0 Å². The summed E-state index contributed by atoms with van der Waals surface area (Å²) in [5.74, 6) is 0. The van der Waals surface area contributed by atoms with Gasteiger partial charge in [-0.3, -0.25) is 0 Å². The van der Waals surface area contributed by atoms with E-state index in [0.717, 1.165) is 11.1 Å². The molecule has 2 saturated carbocycles. The quantitative estimate of drug-likeness (QED) is 0.437. The second-order valence-electron chi connectivity index (χ2n) is 13.5. The largest absolute Gasteiger partial charge is 0.0687 e. The lowest BCUT2D eigenvalue weighted by molar-refractivity contribution is 0.0997. The molecule has 2 rings (SSSR count). The Hall–Kier alpha value is 0.217. The molecule has 0 amide bonds. The Kier molecular flexibility index (Phi) is 5.75. The van der Waals surface area contributed by atoms with Crippen LogP contribution in [-0.4, -0.2) is 8.07 Å². The smallest absolute Gasteiger partial charge is 0.0567 e. The van der Waals surface area contributed by atoms with Gasteiger partial charge in [0.25, 0.3) is 0 Å². The fourth-order valence-electron chi connectivity index (χ4n) is 7.91. The van der Waals surface area contributed by atoms with E-state index >= 15 is 0 Å². The summed E-state index contributed by atoms with van der Waals surface area (Å²) in [5.41, 5.74) is 4.20. The molecule has 0 radical (unpaired) electrons. The average Bonchev–Trinajstić information content (AvgIpc) is 2.31. The van der Waals surface area contributed by atoms with Gasteiger partial charge in [-0.2, -0.15) is 0 Å². The van der Waals surface area contributed by atoms with Crippen LogP contribution in [0.15, 0.2) is 0 Å². The predicted octanol–water partition coefficient (Wildman–Crippen LogP) is 8.69. The van der Waals surface area contributed by atoms with Crippen molar-refractivity contribution in [3.8, 4) is 0 Å². The summed E-state index contributed by atoms with van der Waals surface area (Å²) >= 11 is 0. The van der Waals surface area contributed by atoms with Gasteiger partial charge in [0, 0.05) is 0 Å². The highest BCUT2D eigenvalue weighted by atomic mass is 28.3. The van der Waals surface area contributed by atoms with Gasteiger partial charge in [-0.05, 0) is 71.3 Å². The molecule has 0 aromatic rings. The fraction of sp³-hybridized carbons (Fsp3) is 1.00. The van der Waals surface area contributed by atoms with Crippen molar-refractivity contribution in [2.75, 3.05) is 0 Å². The second-order valence-corrected chi connectivity index (χ2v) is 18.6. The maximum Gasteiger partial charge on any atom is 0.0567 e. The minimum absolute atomic E-state index is 0.536. The molecule has 0 aromatic heterocycles. The summed E-state index contributed by atoms with van der Waals surface area (Å²) in [4.78, 5) is 0. The van der Waals surface area contributed by atoms with E-state index in [1.54, 1.807) is 6.04 Å². The van der Waals surface area contributed by atoms with E-state index in [1.165, 1.54) is 44.9 Å². The van der Waals surface area contributed by atoms with Gasteiger partial charge in [0.1, 0.15) is 0 Å². The zero-order chi connectivity index (χ0) is 19.3. The van der Waals surface area contributed by atoms with E-state index in [0.29, 0.717) is 21.7 Å². The summed E-state index contributed by atoms with van der Waals surface area (Å²) < 4.78 is 0. The molecule has 0 unspecified atom stereocenters. The van der Waals surface area contributed by atoms with Gasteiger partial charge in [0.15, 0.2) is 0 Å². The van der Waals surface area contributed by atoms with Crippen LogP contribution in [0.5, 0.6) is 0 Å². The SMILES string of the molecule is CCC[Si](C)(C1CC(C)(C)CC(C)(C)C1)C1CC(C)(C)CC(C)(C)C1. The normalized spacial score (nSPS) is 29.5. The molecule has 0 aromatic carbocycles. The third kappa shape index (κ3) is 5.14. The lowest BCUT2D eigenvalue weighted by Gasteiger charge is -2.57. The first-order valence-electron chi connectivity index (χ1n) is 11.1. The van der Waals surface area contributed by atoms with Crippen LogP contribution >= 0.6 is 0 Å². The van der Waals surface area contributed by atoms with Gasteiger partial charge in [-0.15, -0.1) is 0 Å². The highest BCUT2D eigenvalue weighted by Gasteiger charge is 2.53. The lowest BCUT2D eigenvalue weighted by Crippen LogP contribution is -2.51. The van der Waals surface area contributed by atoms with Crippen molar-refractivity contribution in [2.24, 2.45) is 21.7 Å². The minimum atomic E-state index is -1.30. The maximum atomic E-state index is 2.83. The predicted molar refractivity (Wildman–Crippen MR) is 117 cm³/mol. The third-order valence-corrected chi connectivity index (χ3v) is 13.9. The average molecular weight is 365 g/mol. The Morgan fingerprint density at radius 3 is 1.16 bits per heavy atom. The van der Waals surface area contributed by atoms with Gasteiger partial charge in [-0.1, -0.05) is 81.3 Å². The summed E-state index contributed by atoms with van der Waals surface area (Å²) in [5, 5.41) is 0. The van der Waals surface area contributed by atoms with Crippen LogP contribution in [0.1, 0.15) is 107 Å². The molecule has 148 valence electrons. The van der Waals surface area contributed by atoms with Crippen LogP contribution in [0.2, 0.25) is 23.7 Å². The Balaban J connectivity index is 2.37. The van der Waals surface area contributed by atoms with Crippen LogP contribution in [-0.2, 0) is 0 Å². The Bertz CT molecular complexity index is 398. The van der Waals surface area contributed by atoms with Gasteiger partial charge in [-0.25, -0.2) is 0 Å². The molecule has 2 fully saturated rings. The van der Waals surface area contributed by atoms with E-state index in [2.05, 4.69) is 68.9 Å². The van der Waals surface area contributed by atoms with Crippen molar-refractivity contribution >= 4 is 8.07 Å². The Morgan fingerprint density at radius 1 is 0.640 bits per heavy atom. The topological polar surface area (TPSA) is 0 Å². The summed E-state index contributed by atoms with van der Waals surface area (Å²) in [7, 11) is -1.30. The van der Waals surface area contributed by atoms with Crippen molar-refractivity contribution in [3.63, 3.8) is 0 Å². The first-order chi connectivity index (χ1) is 11.1. The number of hydrogen-bond acceptors (Lipinski definition) is 0. The zero-order valence-corrected chi connectivity index (χ0v) is 20.3. The molecule has 0 aliphatic heterocycles. The monoisotopic (exact) mass is 364 g/mol. The molecule has 0 N–H and O–H groups in total. The van der Waals surface area contributed by atoms with Crippen LogP contribution in [0.3, 0.4) is 0 Å². The van der Waals surface area contributed by atoms with Crippen LogP contribution in [0.25, 0.3) is 0 Å². The molecule has 0 bridgehead atoms. The van der Waals surface area contributed by atoms with Gasteiger partial charge in [0.2, 0.25) is 0 Å². The van der Waals surface area contributed by atoms with Gasteiger partial charge >= 0.3 is 0 Å². The zero-order valence-electron chi connectivity index (χ0n) is 19.3. The Morgan fingerprint density at radius 2 is 0.920 bits per heavy atom. The van der Waals surface area contributed by atoms with E-state index in [1.807, 2.05) is 0 Å². The Labute approximate surface area is 161 Å². The standard InChI is InChI=1S/C24H48Si/c1-11-12-25(10,19-13-21(2,3)17-22(4,5)14-19)20-15-23(6,7)18-24(8,9)16-20/h19-20H,11-18H2,1-10H3. The fourth-order valence-corrected chi connectivity index (χ4v) is 14.5. The third-order valence-electron chi connectivity index (χ3n) is 7.76. The van der Waals surface area contributed by atoms with Gasteiger partial charge in [0.05, 0.1) is 8.07 Å². The van der Waals surface area contributed by atoms with Crippen molar-refractivity contribution < 1.29 is 0 Å². The molecular formula is C24H48Si. The van der Waals surface area contributed by atoms with Crippen LogP contribution in [0, 0.1) is 21.7 Å². The van der Waals surface area contributed by atoms with Crippen molar-refractivity contribution in [2.45, 2.75) is 131 Å².